The second-order valence-electron chi connectivity index (χ2n) is 4.90. The zero-order chi connectivity index (χ0) is 14.4. The molecular formula is C14H21F2NO2. The molecule has 0 spiro atoms. The van der Waals surface area contributed by atoms with Crippen molar-refractivity contribution in [2.45, 2.75) is 26.0 Å². The average Bonchev–Trinajstić information content (AvgIpc) is 2.37. The number of hydrogen-bond acceptors (Lipinski definition) is 3. The van der Waals surface area contributed by atoms with Crippen molar-refractivity contribution in [2.24, 2.45) is 5.92 Å². The van der Waals surface area contributed by atoms with E-state index in [1.807, 2.05) is 13.8 Å². The Kier molecular flexibility index (Phi) is 6.34. The molecule has 1 rings (SSSR count). The van der Waals surface area contributed by atoms with Crippen molar-refractivity contribution in [3.63, 3.8) is 0 Å². The number of hydrogen-bond donors (Lipinski definition) is 2. The third kappa shape index (κ3) is 4.86. The number of halogens is 2. The summed E-state index contributed by atoms with van der Waals surface area (Å²) in [5.74, 6) is -1.63. The summed E-state index contributed by atoms with van der Waals surface area (Å²) in [5, 5.41) is 12.9. The second kappa shape index (κ2) is 7.53. The van der Waals surface area contributed by atoms with E-state index in [1.165, 1.54) is 13.2 Å². The monoisotopic (exact) mass is 273 g/mol. The van der Waals surface area contributed by atoms with Crippen LogP contribution in [0.2, 0.25) is 0 Å². The van der Waals surface area contributed by atoms with Crippen molar-refractivity contribution in [3.8, 4) is 0 Å². The van der Waals surface area contributed by atoms with Crippen LogP contribution in [0.25, 0.3) is 0 Å². The maximum absolute atomic E-state index is 13.2. The topological polar surface area (TPSA) is 41.5 Å². The van der Waals surface area contributed by atoms with Crippen molar-refractivity contribution in [1.29, 1.82) is 0 Å². The highest BCUT2D eigenvalue weighted by molar-refractivity contribution is 5.21. The first-order valence-corrected chi connectivity index (χ1v) is 6.31. The van der Waals surface area contributed by atoms with Crippen molar-refractivity contribution < 1.29 is 18.6 Å². The maximum Gasteiger partial charge on any atom is 0.159 e. The lowest BCUT2D eigenvalue weighted by atomic mass is 10.0. The largest absolute Gasteiger partial charge is 0.392 e. The van der Waals surface area contributed by atoms with Crippen LogP contribution in [-0.2, 0) is 4.74 Å². The molecule has 0 aliphatic heterocycles. The summed E-state index contributed by atoms with van der Waals surface area (Å²) < 4.78 is 31.2. The number of rotatable bonds is 7. The SMILES string of the molecule is COCC(NCC(O)C(C)C)c1ccc(F)c(F)c1. The van der Waals surface area contributed by atoms with Gasteiger partial charge in [0.1, 0.15) is 0 Å². The molecule has 0 saturated heterocycles. The quantitative estimate of drug-likeness (QED) is 0.800. The van der Waals surface area contributed by atoms with Gasteiger partial charge in [0, 0.05) is 13.7 Å². The van der Waals surface area contributed by atoms with Gasteiger partial charge in [-0.3, -0.25) is 0 Å². The molecule has 108 valence electrons. The molecular weight excluding hydrogens is 252 g/mol. The summed E-state index contributed by atoms with van der Waals surface area (Å²) in [4.78, 5) is 0. The fourth-order valence-corrected chi connectivity index (χ4v) is 1.67. The number of aliphatic hydroxyl groups is 1. The van der Waals surface area contributed by atoms with Gasteiger partial charge in [0.25, 0.3) is 0 Å². The highest BCUT2D eigenvalue weighted by Gasteiger charge is 2.16. The first-order chi connectivity index (χ1) is 8.95. The molecule has 3 nitrogen and oxygen atoms in total. The van der Waals surface area contributed by atoms with E-state index in [0.717, 1.165) is 12.1 Å². The van der Waals surface area contributed by atoms with E-state index in [1.54, 1.807) is 0 Å². The Morgan fingerprint density at radius 2 is 1.95 bits per heavy atom. The van der Waals surface area contributed by atoms with Gasteiger partial charge in [0.05, 0.1) is 18.8 Å². The average molecular weight is 273 g/mol. The Morgan fingerprint density at radius 1 is 1.26 bits per heavy atom. The minimum absolute atomic E-state index is 0.126. The van der Waals surface area contributed by atoms with E-state index in [0.29, 0.717) is 18.7 Å². The van der Waals surface area contributed by atoms with Gasteiger partial charge < -0.3 is 15.2 Å². The van der Waals surface area contributed by atoms with E-state index < -0.39 is 17.7 Å². The van der Waals surface area contributed by atoms with Gasteiger partial charge in [-0.15, -0.1) is 0 Å². The summed E-state index contributed by atoms with van der Waals surface area (Å²) in [5.41, 5.74) is 0.594. The molecule has 2 atom stereocenters. The molecule has 19 heavy (non-hydrogen) atoms. The second-order valence-corrected chi connectivity index (χ2v) is 4.90. The lowest BCUT2D eigenvalue weighted by Crippen LogP contribution is -2.35. The Balaban J connectivity index is 2.73. The highest BCUT2D eigenvalue weighted by atomic mass is 19.2. The first kappa shape index (κ1) is 16.0. The molecule has 0 bridgehead atoms. The van der Waals surface area contributed by atoms with E-state index >= 15 is 0 Å². The van der Waals surface area contributed by atoms with E-state index in [-0.39, 0.29) is 12.0 Å². The summed E-state index contributed by atoms with van der Waals surface area (Å²) >= 11 is 0. The van der Waals surface area contributed by atoms with Gasteiger partial charge in [-0.1, -0.05) is 19.9 Å². The van der Waals surface area contributed by atoms with Crippen molar-refractivity contribution >= 4 is 0 Å². The molecule has 2 unspecified atom stereocenters. The molecule has 1 aromatic rings. The number of ether oxygens (including phenoxy) is 1. The minimum atomic E-state index is -0.884. The normalized spacial score (nSPS) is 14.7. The molecule has 0 aromatic heterocycles. The van der Waals surface area contributed by atoms with Crippen LogP contribution in [0.3, 0.4) is 0 Å². The van der Waals surface area contributed by atoms with E-state index in [4.69, 9.17) is 4.74 Å². The summed E-state index contributed by atoms with van der Waals surface area (Å²) in [6.45, 7) is 4.51. The van der Waals surface area contributed by atoms with Crippen LogP contribution in [0.1, 0.15) is 25.5 Å². The number of aliphatic hydroxyl groups excluding tert-OH is 1. The smallest absolute Gasteiger partial charge is 0.159 e. The third-order valence-corrected chi connectivity index (χ3v) is 3.02. The van der Waals surface area contributed by atoms with Crippen molar-refractivity contribution in [3.05, 3.63) is 35.4 Å². The van der Waals surface area contributed by atoms with Crippen molar-refractivity contribution in [1.82, 2.24) is 5.32 Å². The predicted molar refractivity (Wildman–Crippen MR) is 69.8 cm³/mol. The lowest BCUT2D eigenvalue weighted by Gasteiger charge is -2.22. The third-order valence-electron chi connectivity index (χ3n) is 3.02. The van der Waals surface area contributed by atoms with Crippen LogP contribution in [0.5, 0.6) is 0 Å². The Morgan fingerprint density at radius 3 is 2.47 bits per heavy atom. The zero-order valence-electron chi connectivity index (χ0n) is 11.5. The van der Waals surface area contributed by atoms with Crippen LogP contribution in [-0.4, -0.2) is 31.5 Å². The lowest BCUT2D eigenvalue weighted by molar-refractivity contribution is 0.108. The van der Waals surface area contributed by atoms with E-state index in [9.17, 15) is 13.9 Å². The van der Waals surface area contributed by atoms with Gasteiger partial charge in [-0.2, -0.15) is 0 Å². The molecule has 0 radical (unpaired) electrons. The molecule has 1 aromatic carbocycles. The minimum Gasteiger partial charge on any atom is -0.392 e. The fraction of sp³-hybridized carbons (Fsp3) is 0.571. The van der Waals surface area contributed by atoms with E-state index in [2.05, 4.69) is 5.32 Å². The highest BCUT2D eigenvalue weighted by Crippen LogP contribution is 2.17. The van der Waals surface area contributed by atoms with Crippen LogP contribution >= 0.6 is 0 Å². The number of nitrogens with one attached hydrogen (secondary N) is 1. The molecule has 0 aliphatic rings. The Hall–Kier alpha value is -1.04. The Labute approximate surface area is 112 Å². The number of methoxy groups -OCH3 is 1. The van der Waals surface area contributed by atoms with Gasteiger partial charge >= 0.3 is 0 Å². The molecule has 0 aliphatic carbocycles. The predicted octanol–water partition coefficient (Wildman–Crippen LogP) is 2.26. The van der Waals surface area contributed by atoms with Gasteiger partial charge in [-0.05, 0) is 23.6 Å². The van der Waals surface area contributed by atoms with Gasteiger partial charge in [0.15, 0.2) is 11.6 Å². The maximum atomic E-state index is 13.2. The molecule has 0 fully saturated rings. The Bertz CT molecular complexity index is 399. The first-order valence-electron chi connectivity index (χ1n) is 6.31. The van der Waals surface area contributed by atoms with Crippen LogP contribution in [0, 0.1) is 17.6 Å². The van der Waals surface area contributed by atoms with Crippen LogP contribution in [0.4, 0.5) is 8.78 Å². The summed E-state index contributed by atoms with van der Waals surface area (Å²) in [7, 11) is 1.54. The molecule has 2 N–H and O–H groups in total. The molecule has 0 saturated carbocycles. The molecule has 0 heterocycles. The molecule has 5 heteroatoms. The van der Waals surface area contributed by atoms with Gasteiger partial charge in [-0.25, -0.2) is 8.78 Å². The fourth-order valence-electron chi connectivity index (χ4n) is 1.67. The zero-order valence-corrected chi connectivity index (χ0v) is 11.5. The summed E-state index contributed by atoms with van der Waals surface area (Å²) in [6.07, 6.45) is -0.496. The van der Waals surface area contributed by atoms with Crippen LogP contribution in [0.15, 0.2) is 18.2 Å². The standard InChI is InChI=1S/C14H21F2NO2/c1-9(2)14(18)7-17-13(8-19-3)10-4-5-11(15)12(16)6-10/h4-6,9,13-14,17-18H,7-8H2,1-3H3. The van der Waals surface area contributed by atoms with Gasteiger partial charge in [0.2, 0.25) is 0 Å². The number of benzene rings is 1. The summed E-state index contributed by atoms with van der Waals surface area (Å²) in [6, 6.07) is 3.46. The van der Waals surface area contributed by atoms with Crippen molar-refractivity contribution in [2.75, 3.05) is 20.3 Å². The molecule has 0 amide bonds. The van der Waals surface area contributed by atoms with Crippen LogP contribution < -0.4 is 5.32 Å².